The van der Waals surface area contributed by atoms with Crippen LogP contribution in [-0.2, 0) is 16.0 Å². The third-order valence-corrected chi connectivity index (χ3v) is 9.08. The van der Waals surface area contributed by atoms with Crippen LogP contribution in [-0.4, -0.2) is 66.2 Å². The van der Waals surface area contributed by atoms with Crippen LogP contribution in [0.3, 0.4) is 0 Å². The van der Waals surface area contributed by atoms with Crippen molar-refractivity contribution in [1.29, 1.82) is 0 Å². The summed E-state index contributed by atoms with van der Waals surface area (Å²) < 4.78 is 5.91. The Bertz CT molecular complexity index is 702. The van der Waals surface area contributed by atoms with Crippen LogP contribution in [0.4, 0.5) is 0 Å². The Balaban J connectivity index is 2.16. The molecule has 0 aliphatic rings. The molecule has 0 saturated heterocycles. The molecular formula is C38H75N5O2. The van der Waals surface area contributed by atoms with Gasteiger partial charge in [0, 0.05) is 31.4 Å². The fraction of sp³-hybridized carbons (Fsp3) is 0.895. The summed E-state index contributed by atoms with van der Waals surface area (Å²) in [5.41, 5.74) is 6.89. The number of carbonyl (C=O) groups excluding carboxylic acids is 1. The first-order chi connectivity index (χ1) is 22.2. The molecule has 1 unspecified atom stereocenters. The molecule has 0 aliphatic heterocycles. The van der Waals surface area contributed by atoms with E-state index in [0.29, 0.717) is 26.2 Å². The maximum Gasteiger partial charge on any atom is 0.237 e. The summed E-state index contributed by atoms with van der Waals surface area (Å²) in [6.45, 7) is 9.65. The Labute approximate surface area is 279 Å². The number of nitrogens with two attached hydrogens (primary N) is 1. The third kappa shape index (κ3) is 27.4. The Morgan fingerprint density at radius 3 is 1.58 bits per heavy atom. The van der Waals surface area contributed by atoms with E-state index in [1.54, 1.807) is 12.5 Å². The molecule has 1 aromatic rings. The number of aromatic amines is 1. The molecule has 264 valence electrons. The number of H-pyrrole nitrogens is 1. The number of carbonyl (C=O) groups is 1. The van der Waals surface area contributed by atoms with E-state index in [1.807, 2.05) is 0 Å². The molecule has 0 fully saturated rings. The van der Waals surface area contributed by atoms with E-state index >= 15 is 0 Å². The number of nitrogens with zero attached hydrogens (tertiary/aromatic N) is 2. The van der Waals surface area contributed by atoms with Crippen molar-refractivity contribution >= 4 is 5.91 Å². The number of hydrogen-bond acceptors (Lipinski definition) is 5. The molecular weight excluding hydrogens is 558 g/mol. The molecule has 0 radical (unpaired) electrons. The minimum Gasteiger partial charge on any atom is -0.378 e. The number of nitrogens with one attached hydrogen (secondary N) is 2. The molecule has 0 saturated carbocycles. The molecule has 1 rings (SSSR count). The number of amides is 1. The lowest BCUT2D eigenvalue weighted by atomic mass is 10.0. The van der Waals surface area contributed by atoms with E-state index in [2.05, 4.69) is 34.0 Å². The zero-order valence-electron chi connectivity index (χ0n) is 29.9. The van der Waals surface area contributed by atoms with Gasteiger partial charge >= 0.3 is 0 Å². The molecule has 0 aromatic carbocycles. The van der Waals surface area contributed by atoms with Gasteiger partial charge < -0.3 is 25.7 Å². The van der Waals surface area contributed by atoms with E-state index in [-0.39, 0.29) is 5.91 Å². The number of rotatable bonds is 35. The van der Waals surface area contributed by atoms with Crippen LogP contribution < -0.4 is 11.1 Å². The Morgan fingerprint density at radius 2 is 1.16 bits per heavy atom. The topological polar surface area (TPSA) is 96.3 Å². The molecule has 1 atom stereocenters. The maximum atomic E-state index is 12.3. The maximum absolute atomic E-state index is 12.3. The quantitative estimate of drug-likeness (QED) is 0.0648. The van der Waals surface area contributed by atoms with Gasteiger partial charge in [0.2, 0.25) is 5.91 Å². The van der Waals surface area contributed by atoms with Crippen molar-refractivity contribution in [1.82, 2.24) is 20.2 Å². The lowest BCUT2D eigenvalue weighted by Crippen LogP contribution is -2.43. The first-order valence-corrected chi connectivity index (χ1v) is 19.5. The number of ether oxygens (including phenoxy) is 1. The summed E-state index contributed by atoms with van der Waals surface area (Å²) in [4.78, 5) is 21.9. The molecule has 1 aromatic heterocycles. The number of hydrogen-bond donors (Lipinski definition) is 3. The summed E-state index contributed by atoms with van der Waals surface area (Å²) in [7, 11) is 0. The average Bonchev–Trinajstić information content (AvgIpc) is 3.56. The van der Waals surface area contributed by atoms with Crippen molar-refractivity contribution in [2.24, 2.45) is 5.73 Å². The van der Waals surface area contributed by atoms with E-state index < -0.39 is 6.04 Å². The van der Waals surface area contributed by atoms with Crippen molar-refractivity contribution in [2.75, 3.05) is 39.4 Å². The monoisotopic (exact) mass is 634 g/mol. The largest absolute Gasteiger partial charge is 0.378 e. The molecule has 0 bridgehead atoms. The number of imidazole rings is 1. The van der Waals surface area contributed by atoms with Crippen molar-refractivity contribution < 1.29 is 9.53 Å². The number of aromatic nitrogens is 2. The Kier molecular flexibility index (Phi) is 30.0. The second kappa shape index (κ2) is 32.5. The van der Waals surface area contributed by atoms with Crippen LogP contribution in [0, 0.1) is 0 Å². The van der Waals surface area contributed by atoms with Gasteiger partial charge in [-0.3, -0.25) is 4.79 Å². The van der Waals surface area contributed by atoms with Gasteiger partial charge in [-0.05, 0) is 25.9 Å². The van der Waals surface area contributed by atoms with Crippen molar-refractivity contribution in [3.8, 4) is 0 Å². The van der Waals surface area contributed by atoms with Crippen LogP contribution in [0.15, 0.2) is 12.5 Å². The molecule has 1 amide bonds. The highest BCUT2D eigenvalue weighted by atomic mass is 16.5. The first-order valence-electron chi connectivity index (χ1n) is 19.5. The summed E-state index contributed by atoms with van der Waals surface area (Å²) in [6, 6.07) is -0.577. The van der Waals surface area contributed by atoms with Crippen molar-refractivity contribution in [2.45, 2.75) is 180 Å². The zero-order chi connectivity index (χ0) is 32.5. The standard InChI is InChI=1S/C38H75N5O2/c1-3-5-7-9-11-13-15-17-19-21-23-25-28-43(29-26-24-22-20-18-16-14-12-10-8-6-4-2)30-32-45-31-27-41-38(44)37(39)33-36-34-40-35-42-36/h34-35,37H,3-33,39H2,1-2H3,(H,40,42)(H,41,44). The summed E-state index contributed by atoms with van der Waals surface area (Å²) in [6.07, 6.45) is 37.2. The van der Waals surface area contributed by atoms with E-state index in [4.69, 9.17) is 10.5 Å². The van der Waals surface area contributed by atoms with Crippen LogP contribution in [0.25, 0.3) is 0 Å². The van der Waals surface area contributed by atoms with Crippen LogP contribution in [0.2, 0.25) is 0 Å². The highest BCUT2D eigenvalue weighted by Gasteiger charge is 2.14. The third-order valence-electron chi connectivity index (χ3n) is 9.08. The van der Waals surface area contributed by atoms with Gasteiger partial charge in [0.25, 0.3) is 0 Å². The highest BCUT2D eigenvalue weighted by Crippen LogP contribution is 2.14. The van der Waals surface area contributed by atoms with Crippen LogP contribution >= 0.6 is 0 Å². The predicted molar refractivity (Wildman–Crippen MR) is 193 cm³/mol. The SMILES string of the molecule is CCCCCCCCCCCCCCN(CCCCCCCCCCCCCC)CCOCCNC(=O)C(N)Cc1cnc[nH]1. The fourth-order valence-electron chi connectivity index (χ4n) is 6.09. The van der Waals surface area contributed by atoms with E-state index in [1.165, 1.54) is 167 Å². The average molecular weight is 634 g/mol. The lowest BCUT2D eigenvalue weighted by molar-refractivity contribution is -0.122. The molecule has 7 heteroatoms. The summed E-state index contributed by atoms with van der Waals surface area (Å²) in [5, 5.41) is 2.90. The highest BCUT2D eigenvalue weighted by molar-refractivity contribution is 5.81. The Morgan fingerprint density at radius 1 is 0.711 bits per heavy atom. The lowest BCUT2D eigenvalue weighted by Gasteiger charge is -2.22. The van der Waals surface area contributed by atoms with Gasteiger partial charge in [0.15, 0.2) is 0 Å². The van der Waals surface area contributed by atoms with Crippen molar-refractivity contribution in [3.63, 3.8) is 0 Å². The molecule has 1 heterocycles. The minimum atomic E-state index is -0.577. The molecule has 45 heavy (non-hydrogen) atoms. The first kappa shape index (κ1) is 41.6. The fourth-order valence-corrected chi connectivity index (χ4v) is 6.09. The summed E-state index contributed by atoms with van der Waals surface area (Å²) in [5.74, 6) is -0.145. The van der Waals surface area contributed by atoms with Gasteiger partial charge in [-0.1, -0.05) is 155 Å². The molecule has 0 aliphatic carbocycles. The van der Waals surface area contributed by atoms with Gasteiger partial charge in [-0.25, -0.2) is 4.98 Å². The van der Waals surface area contributed by atoms with Gasteiger partial charge in [0.05, 0.1) is 25.6 Å². The second-order valence-corrected chi connectivity index (χ2v) is 13.4. The normalized spacial score (nSPS) is 12.3. The second-order valence-electron chi connectivity index (χ2n) is 13.4. The van der Waals surface area contributed by atoms with E-state index in [9.17, 15) is 4.79 Å². The number of unbranched alkanes of at least 4 members (excludes halogenated alkanes) is 22. The molecule has 4 N–H and O–H groups in total. The smallest absolute Gasteiger partial charge is 0.237 e. The van der Waals surface area contributed by atoms with Gasteiger partial charge in [-0.2, -0.15) is 0 Å². The van der Waals surface area contributed by atoms with E-state index in [0.717, 1.165) is 12.2 Å². The minimum absolute atomic E-state index is 0.145. The van der Waals surface area contributed by atoms with Gasteiger partial charge in [0.1, 0.15) is 0 Å². The molecule has 0 spiro atoms. The summed E-state index contributed by atoms with van der Waals surface area (Å²) >= 11 is 0. The van der Waals surface area contributed by atoms with Crippen LogP contribution in [0.1, 0.15) is 174 Å². The Hall–Kier alpha value is -1.44. The predicted octanol–water partition coefficient (Wildman–Crippen LogP) is 9.12. The van der Waals surface area contributed by atoms with Gasteiger partial charge in [-0.15, -0.1) is 0 Å². The van der Waals surface area contributed by atoms with Crippen LogP contribution in [0.5, 0.6) is 0 Å². The molecule has 7 nitrogen and oxygen atoms in total. The van der Waals surface area contributed by atoms with Crippen molar-refractivity contribution in [3.05, 3.63) is 18.2 Å². The zero-order valence-corrected chi connectivity index (χ0v) is 29.9.